The second-order valence-corrected chi connectivity index (χ2v) is 5.14. The van der Waals surface area contributed by atoms with E-state index in [0.29, 0.717) is 22.5 Å². The van der Waals surface area contributed by atoms with Crippen molar-refractivity contribution in [2.75, 3.05) is 7.11 Å². The van der Waals surface area contributed by atoms with E-state index in [9.17, 15) is 4.79 Å². The zero-order valence-corrected chi connectivity index (χ0v) is 12.7. The van der Waals surface area contributed by atoms with Crippen molar-refractivity contribution >= 4 is 11.0 Å². The van der Waals surface area contributed by atoms with E-state index in [1.54, 1.807) is 31.4 Å². The maximum absolute atomic E-state index is 12.2. The summed E-state index contributed by atoms with van der Waals surface area (Å²) in [4.78, 5) is 16.5. The molecule has 2 aromatic heterocycles. The summed E-state index contributed by atoms with van der Waals surface area (Å²) in [6.45, 7) is 0. The highest BCUT2D eigenvalue weighted by atomic mass is 16.5. The van der Waals surface area contributed by atoms with Gasteiger partial charge in [-0.05, 0) is 24.3 Å². The van der Waals surface area contributed by atoms with Gasteiger partial charge in [-0.1, -0.05) is 35.5 Å². The Labute approximate surface area is 136 Å². The molecule has 24 heavy (non-hydrogen) atoms. The second-order valence-electron chi connectivity index (χ2n) is 5.14. The van der Waals surface area contributed by atoms with Gasteiger partial charge in [0.05, 0.1) is 7.11 Å². The Balaban J connectivity index is 1.83. The van der Waals surface area contributed by atoms with Gasteiger partial charge in [0.25, 0.3) is 5.89 Å². The van der Waals surface area contributed by atoms with Crippen molar-refractivity contribution in [2.24, 2.45) is 0 Å². The van der Waals surface area contributed by atoms with Crippen molar-refractivity contribution in [2.45, 2.75) is 0 Å². The number of nitrogens with zero attached hydrogens (tertiary/aromatic N) is 2. The van der Waals surface area contributed by atoms with Crippen molar-refractivity contribution in [1.29, 1.82) is 0 Å². The number of rotatable bonds is 3. The quantitative estimate of drug-likeness (QED) is 0.537. The van der Waals surface area contributed by atoms with Crippen LogP contribution in [-0.2, 0) is 0 Å². The van der Waals surface area contributed by atoms with Crippen molar-refractivity contribution in [1.82, 2.24) is 10.1 Å². The van der Waals surface area contributed by atoms with E-state index in [0.717, 1.165) is 5.56 Å². The smallest absolute Gasteiger partial charge is 0.349 e. The van der Waals surface area contributed by atoms with E-state index < -0.39 is 5.63 Å². The molecule has 0 aliphatic carbocycles. The van der Waals surface area contributed by atoms with Crippen LogP contribution in [0.15, 0.2) is 68.3 Å². The molecule has 6 nitrogen and oxygen atoms in total. The molecule has 0 saturated heterocycles. The fourth-order valence-corrected chi connectivity index (χ4v) is 2.41. The van der Waals surface area contributed by atoms with Gasteiger partial charge in [-0.15, -0.1) is 0 Å². The fourth-order valence-electron chi connectivity index (χ4n) is 2.41. The Morgan fingerprint density at radius 2 is 1.88 bits per heavy atom. The van der Waals surface area contributed by atoms with Crippen LogP contribution in [0.3, 0.4) is 0 Å². The first-order valence-electron chi connectivity index (χ1n) is 7.26. The summed E-state index contributed by atoms with van der Waals surface area (Å²) in [5.74, 6) is 1.20. The van der Waals surface area contributed by atoms with Gasteiger partial charge >= 0.3 is 5.63 Å². The van der Waals surface area contributed by atoms with Gasteiger partial charge in [0.1, 0.15) is 16.9 Å². The number of benzene rings is 2. The average molecular weight is 320 g/mol. The first kappa shape index (κ1) is 14.2. The van der Waals surface area contributed by atoms with Crippen LogP contribution in [0.4, 0.5) is 0 Å². The van der Waals surface area contributed by atoms with Crippen LogP contribution in [0, 0.1) is 0 Å². The zero-order chi connectivity index (χ0) is 16.5. The Morgan fingerprint density at radius 1 is 1.04 bits per heavy atom. The maximum atomic E-state index is 12.2. The molecule has 0 saturated carbocycles. The molecule has 0 amide bonds. The molecule has 0 fully saturated rings. The lowest BCUT2D eigenvalue weighted by molar-refractivity contribution is 0.415. The fraction of sp³-hybridized carbons (Fsp3) is 0.0556. The van der Waals surface area contributed by atoms with Crippen molar-refractivity contribution in [3.8, 4) is 28.6 Å². The van der Waals surface area contributed by atoms with Gasteiger partial charge < -0.3 is 13.7 Å². The van der Waals surface area contributed by atoms with E-state index >= 15 is 0 Å². The number of aromatic nitrogens is 2. The highest BCUT2D eigenvalue weighted by molar-refractivity contribution is 5.81. The predicted octanol–water partition coefficient (Wildman–Crippen LogP) is 3.52. The van der Waals surface area contributed by atoms with E-state index in [-0.39, 0.29) is 11.5 Å². The lowest BCUT2D eigenvalue weighted by Gasteiger charge is -2.02. The van der Waals surface area contributed by atoms with Crippen molar-refractivity contribution < 1.29 is 13.7 Å². The first-order chi connectivity index (χ1) is 11.7. The highest BCUT2D eigenvalue weighted by Crippen LogP contribution is 2.25. The summed E-state index contributed by atoms with van der Waals surface area (Å²) < 4.78 is 15.8. The second kappa shape index (κ2) is 5.66. The third-order valence-electron chi connectivity index (χ3n) is 3.63. The molecule has 0 bridgehead atoms. The normalized spacial score (nSPS) is 10.9. The predicted molar refractivity (Wildman–Crippen MR) is 87.8 cm³/mol. The van der Waals surface area contributed by atoms with Crippen LogP contribution < -0.4 is 10.4 Å². The first-order valence-corrected chi connectivity index (χ1v) is 7.26. The molecule has 4 aromatic rings. The van der Waals surface area contributed by atoms with Gasteiger partial charge in [0, 0.05) is 10.9 Å². The van der Waals surface area contributed by atoms with Crippen molar-refractivity contribution in [3.63, 3.8) is 0 Å². The Morgan fingerprint density at radius 3 is 2.67 bits per heavy atom. The molecule has 0 unspecified atom stereocenters. The minimum absolute atomic E-state index is 0.118. The van der Waals surface area contributed by atoms with Crippen LogP contribution in [0.25, 0.3) is 33.8 Å². The molecule has 4 rings (SSSR count). The van der Waals surface area contributed by atoms with Crippen LogP contribution in [-0.4, -0.2) is 17.3 Å². The Bertz CT molecular complexity index is 1070. The topological polar surface area (TPSA) is 78.4 Å². The van der Waals surface area contributed by atoms with Crippen molar-refractivity contribution in [3.05, 3.63) is 65.0 Å². The van der Waals surface area contributed by atoms with Gasteiger partial charge in [0.2, 0.25) is 5.82 Å². The number of ether oxygens (including phenoxy) is 1. The standard InChI is InChI=1S/C18H12N2O4/c1-22-13-7-8-15-12(9-13)10-14(18(21)23-15)17-19-16(20-24-17)11-5-3-2-4-6-11/h2-10H,1H3. The van der Waals surface area contributed by atoms with Crippen LogP contribution in [0.2, 0.25) is 0 Å². The lowest BCUT2D eigenvalue weighted by Crippen LogP contribution is -2.03. The number of fused-ring (bicyclic) bond motifs is 1. The zero-order valence-electron chi connectivity index (χ0n) is 12.7. The summed E-state index contributed by atoms with van der Waals surface area (Å²) in [7, 11) is 1.57. The molecule has 0 aliphatic rings. The molecule has 0 radical (unpaired) electrons. The van der Waals surface area contributed by atoms with E-state index in [1.165, 1.54) is 0 Å². The van der Waals surface area contributed by atoms with Crippen LogP contribution in [0.5, 0.6) is 5.75 Å². The SMILES string of the molecule is COc1ccc2oc(=O)c(-c3nc(-c4ccccc4)no3)cc2c1. The van der Waals surface area contributed by atoms with E-state index in [4.69, 9.17) is 13.7 Å². The summed E-state index contributed by atoms with van der Waals surface area (Å²) in [6.07, 6.45) is 0. The summed E-state index contributed by atoms with van der Waals surface area (Å²) >= 11 is 0. The summed E-state index contributed by atoms with van der Waals surface area (Å²) in [5.41, 5.74) is 0.952. The summed E-state index contributed by atoms with van der Waals surface area (Å²) in [5, 5.41) is 4.64. The molecule has 0 aliphatic heterocycles. The Kier molecular flexibility index (Phi) is 3.35. The molecule has 0 spiro atoms. The molecular formula is C18H12N2O4. The molecule has 6 heteroatoms. The number of hydrogen-bond donors (Lipinski definition) is 0. The molecular weight excluding hydrogens is 308 g/mol. The van der Waals surface area contributed by atoms with Gasteiger partial charge in [0.15, 0.2) is 0 Å². The van der Waals surface area contributed by atoms with Crippen LogP contribution >= 0.6 is 0 Å². The largest absolute Gasteiger partial charge is 0.497 e. The molecule has 118 valence electrons. The van der Waals surface area contributed by atoms with Crippen LogP contribution in [0.1, 0.15) is 0 Å². The minimum Gasteiger partial charge on any atom is -0.497 e. The molecule has 0 atom stereocenters. The third-order valence-corrected chi connectivity index (χ3v) is 3.63. The molecule has 0 N–H and O–H groups in total. The van der Waals surface area contributed by atoms with Gasteiger partial charge in [-0.25, -0.2) is 4.79 Å². The van der Waals surface area contributed by atoms with E-state index in [2.05, 4.69) is 10.1 Å². The third kappa shape index (κ3) is 2.44. The van der Waals surface area contributed by atoms with E-state index in [1.807, 2.05) is 30.3 Å². The average Bonchev–Trinajstić information content (AvgIpc) is 3.11. The molecule has 2 heterocycles. The highest BCUT2D eigenvalue weighted by Gasteiger charge is 2.16. The number of hydrogen-bond acceptors (Lipinski definition) is 6. The summed E-state index contributed by atoms with van der Waals surface area (Å²) in [6, 6.07) is 16.2. The molecule has 2 aromatic carbocycles. The van der Waals surface area contributed by atoms with Gasteiger partial charge in [-0.3, -0.25) is 0 Å². The monoisotopic (exact) mass is 320 g/mol. The minimum atomic E-state index is -0.532. The Hall–Kier alpha value is -3.41. The maximum Gasteiger partial charge on any atom is 0.349 e. The number of methoxy groups -OCH3 is 1. The van der Waals surface area contributed by atoms with Gasteiger partial charge in [-0.2, -0.15) is 4.98 Å². The lowest BCUT2D eigenvalue weighted by atomic mass is 10.1.